The number of rotatable bonds is 20. The first-order valence-corrected chi connectivity index (χ1v) is 41.3. The first-order valence-electron chi connectivity index (χ1n) is 41.3. The molecule has 12 aromatic carbocycles. The van der Waals surface area contributed by atoms with Gasteiger partial charge in [-0.2, -0.15) is 55.2 Å². The summed E-state index contributed by atoms with van der Waals surface area (Å²) in [4.78, 5) is 44.7. The lowest BCUT2D eigenvalue weighted by Gasteiger charge is -2.13. The van der Waals surface area contributed by atoms with Gasteiger partial charge in [0.25, 0.3) is 11.8 Å². The lowest BCUT2D eigenvalue weighted by atomic mass is 10.1. The van der Waals surface area contributed by atoms with Crippen LogP contribution < -0.4 is 4.74 Å². The van der Waals surface area contributed by atoms with E-state index in [2.05, 4.69) is 53.5 Å². The normalized spacial score (nSPS) is 10.8. The maximum atomic E-state index is 13.6. The van der Waals surface area contributed by atoms with E-state index in [1.54, 1.807) is 218 Å². The average Bonchev–Trinajstić information content (AvgIpc) is 1.67. The Morgan fingerprint density at radius 1 is 0.316 bits per heavy atom. The van der Waals surface area contributed by atoms with Gasteiger partial charge in [0.05, 0.1) is 133 Å². The smallest absolute Gasteiger partial charge is 0.394 e. The van der Waals surface area contributed by atoms with Crippen molar-refractivity contribution in [2.45, 2.75) is 45.6 Å². The molecule has 0 radical (unpaired) electrons. The molecule has 0 fully saturated rings. The summed E-state index contributed by atoms with van der Waals surface area (Å²) in [6, 6.07) is 98.2. The molecule has 0 spiro atoms. The zero-order valence-electron chi connectivity index (χ0n) is 72.8. The van der Waals surface area contributed by atoms with Crippen molar-refractivity contribution < 1.29 is 74.7 Å². The molecule has 24 nitrogen and oxygen atoms in total. The summed E-state index contributed by atoms with van der Waals surface area (Å²) in [6.07, 6.45) is 7.36. The summed E-state index contributed by atoms with van der Waals surface area (Å²) < 4.78 is 111. The zero-order chi connectivity index (χ0) is 96.8. The average molecular weight is 1830 g/mol. The van der Waals surface area contributed by atoms with Gasteiger partial charge in [-0.25, -0.2) is 69.2 Å². The lowest BCUT2D eigenvalue weighted by molar-refractivity contribution is -0.159. The Bertz CT molecular complexity index is 7420. The number of carbonyl (C=O) groups is 4. The molecule has 0 aliphatic heterocycles. The minimum atomic E-state index is -3.24. The summed E-state index contributed by atoms with van der Waals surface area (Å²) in [6.45, 7) is 4.12. The fourth-order valence-corrected chi connectivity index (χ4v) is 13.3. The quantitative estimate of drug-likeness (QED) is 0.0471. The van der Waals surface area contributed by atoms with E-state index < -0.39 is 35.9 Å². The van der Waals surface area contributed by atoms with Crippen molar-refractivity contribution in [1.29, 1.82) is 15.8 Å². The minimum Gasteiger partial charge on any atom is -0.478 e. The number of aromatic nitrogens is 12. The van der Waals surface area contributed by atoms with E-state index in [1.165, 1.54) is 73.8 Å². The van der Waals surface area contributed by atoms with Gasteiger partial charge in [0.2, 0.25) is 0 Å². The van der Waals surface area contributed by atoms with Gasteiger partial charge in [-0.05, 0) is 213 Å². The summed E-state index contributed by atoms with van der Waals surface area (Å²) in [5.74, 6) is -9.28. The number of aromatic carboxylic acids is 3. The molecule has 18 aromatic rings. The highest BCUT2D eigenvalue weighted by Gasteiger charge is 2.27. The SMILES string of the molecule is CC(F)(F)Oc1ccc(-n2ccc(-c3cccc(C(=O)O)c3)n2)cc1.CC(F)(F)c1ccc(-n2ccc(-c3cccc(C#N)c3)n2)cc1.CC(F)(F)c1ccc(-n2ccc(-c3cccc(C(=O)O)c3)n2)cc1.COC(=O)c1cccc(-n2ccc(-c3cccc(C#N)c3)n2)c1.Cc1ccc(-n2ccc(-c3cccc(C#N)c3)n2)cc1F.O=C(O)c1cccc(-c2ccn(-c3ccccc3)n2)c1. The largest absolute Gasteiger partial charge is 0.478 e. The van der Waals surface area contributed by atoms with Crippen molar-refractivity contribution in [2.24, 2.45) is 0 Å². The first kappa shape index (κ1) is 95.2. The molecule has 6 aromatic heterocycles. The van der Waals surface area contributed by atoms with Crippen molar-refractivity contribution in [1.82, 2.24) is 58.7 Å². The molecule has 0 amide bonds. The molecule has 0 bridgehead atoms. The Kier molecular flexibility index (Phi) is 30.0. The third-order valence-electron chi connectivity index (χ3n) is 20.3. The summed E-state index contributed by atoms with van der Waals surface area (Å²) >= 11 is 0. The molecule has 3 N–H and O–H groups in total. The van der Waals surface area contributed by atoms with Crippen LogP contribution in [0.15, 0.2) is 365 Å². The standard InChI is InChI=1S/C18H13F2N3.C18H14F2N2O3.C18H14F2N2O2.C18H13N3O2.C17H12FN3.C16H12N2O2/c1-18(19,20)15-5-7-16(8-6-15)23-10-9-17(22-23)14-4-2-3-13(11-14)12-21;1-18(19,20)25-15-7-5-14(6-8-15)22-10-9-16(21-22)12-3-2-4-13(11-12)17(23)24;1-18(19,20)14-5-7-15(8-6-14)22-10-9-16(21-22)12-3-2-4-13(11-12)17(23)24;1-23-18(22)15-6-3-7-16(11-15)21-9-8-17(20-21)14-5-2-4-13(10-14)12-19;1-12-5-6-15(10-16(12)18)21-8-7-17(20-21)14-4-2-3-13(9-14)11-19;19-16(20)13-6-4-5-12(11-13)15-9-10-18(17-15)14-7-2-1-3-8-14/h2-11H,1H3;2-11H,1H3,(H,23,24);2-11H,1H3,(H,23,24);2-11H,1H3;2-10H,1H3;1-11H,(H,19,20). The number of carboxylic acid groups (broad SMARTS) is 3. The van der Waals surface area contributed by atoms with Crippen LogP contribution in [0.2, 0.25) is 0 Å². The van der Waals surface area contributed by atoms with E-state index in [9.17, 15) is 49.9 Å². The van der Waals surface area contributed by atoms with Crippen molar-refractivity contribution in [3.63, 3.8) is 0 Å². The van der Waals surface area contributed by atoms with Crippen LogP contribution in [0, 0.1) is 46.7 Å². The van der Waals surface area contributed by atoms with Crippen LogP contribution in [0.3, 0.4) is 0 Å². The monoisotopic (exact) mass is 1830 g/mol. The Balaban J connectivity index is 0.000000138. The molecule has 6 heterocycles. The summed E-state index contributed by atoms with van der Waals surface area (Å²) in [5, 5.41) is 80.6. The van der Waals surface area contributed by atoms with Gasteiger partial charge in [0.1, 0.15) is 11.6 Å². The van der Waals surface area contributed by atoms with E-state index in [0.717, 1.165) is 64.6 Å². The van der Waals surface area contributed by atoms with Gasteiger partial charge in [0, 0.05) is 102 Å². The molecular formula is C105H78F7N15O9. The number of benzene rings is 12. The Hall–Kier alpha value is -18.4. The number of halogens is 7. The van der Waals surface area contributed by atoms with Crippen LogP contribution in [-0.2, 0) is 16.6 Å². The van der Waals surface area contributed by atoms with Crippen molar-refractivity contribution in [2.75, 3.05) is 7.11 Å². The molecule has 0 saturated carbocycles. The maximum Gasteiger partial charge on any atom is 0.394 e. The van der Waals surface area contributed by atoms with Crippen molar-refractivity contribution in [3.05, 3.63) is 426 Å². The van der Waals surface area contributed by atoms with Gasteiger partial charge in [-0.1, -0.05) is 127 Å². The number of methoxy groups -OCH3 is 1. The number of para-hydroxylation sites is 1. The molecule has 0 saturated heterocycles. The van der Waals surface area contributed by atoms with E-state index >= 15 is 0 Å². The number of esters is 1. The molecular weight excluding hydrogens is 1750 g/mol. The number of carboxylic acids is 3. The Morgan fingerprint density at radius 3 is 0.890 bits per heavy atom. The molecule has 136 heavy (non-hydrogen) atoms. The Labute approximate surface area is 773 Å². The van der Waals surface area contributed by atoms with Gasteiger partial charge in [-0.15, -0.1) is 0 Å². The second-order valence-electron chi connectivity index (χ2n) is 30.2. The Morgan fingerprint density at radius 2 is 0.588 bits per heavy atom. The fraction of sp³-hybridized carbons (Fsp3) is 0.0762. The van der Waals surface area contributed by atoms with Gasteiger partial charge < -0.3 is 24.8 Å². The van der Waals surface area contributed by atoms with Crippen molar-refractivity contribution >= 4 is 23.9 Å². The zero-order valence-corrected chi connectivity index (χ0v) is 72.8. The third-order valence-corrected chi connectivity index (χ3v) is 20.3. The fourth-order valence-electron chi connectivity index (χ4n) is 13.3. The molecule has 0 aliphatic carbocycles. The van der Waals surface area contributed by atoms with Crippen LogP contribution in [0.4, 0.5) is 30.7 Å². The summed E-state index contributed by atoms with van der Waals surface area (Å²) in [5.41, 5.74) is 16.6. The summed E-state index contributed by atoms with van der Waals surface area (Å²) in [7, 11) is 1.35. The van der Waals surface area contributed by atoms with E-state index in [4.69, 9.17) is 35.8 Å². The molecule has 0 aliphatic rings. The van der Waals surface area contributed by atoms with E-state index in [-0.39, 0.29) is 45.4 Å². The van der Waals surface area contributed by atoms with Gasteiger partial charge in [-0.3, -0.25) is 0 Å². The molecule has 18 rings (SSSR count). The van der Waals surface area contributed by atoms with Crippen LogP contribution in [-0.4, -0.2) is 111 Å². The topological polar surface area (TPSA) is 326 Å². The minimum absolute atomic E-state index is 0.0321. The predicted octanol–water partition coefficient (Wildman–Crippen LogP) is 23.4. The van der Waals surface area contributed by atoms with Gasteiger partial charge >= 0.3 is 30.0 Å². The molecule has 0 unspecified atom stereocenters. The number of aryl methyl sites for hydroxylation is 1. The highest BCUT2D eigenvalue weighted by molar-refractivity contribution is 5.91. The second kappa shape index (κ2) is 42.9. The van der Waals surface area contributed by atoms with E-state index in [1.807, 2.05) is 116 Å². The number of nitriles is 3. The molecule has 31 heteroatoms. The number of hydrogen-bond donors (Lipinski definition) is 3. The highest BCUT2D eigenvalue weighted by atomic mass is 19.3. The van der Waals surface area contributed by atoms with Crippen LogP contribution in [0.25, 0.3) is 102 Å². The lowest BCUT2D eigenvalue weighted by Crippen LogP contribution is -2.19. The van der Waals surface area contributed by atoms with Gasteiger partial charge in [0.15, 0.2) is 0 Å². The predicted molar refractivity (Wildman–Crippen MR) is 495 cm³/mol. The number of hydrogen-bond acceptors (Lipinski definition) is 15. The highest BCUT2D eigenvalue weighted by Crippen LogP contribution is 2.33. The number of ether oxygens (including phenoxy) is 2. The number of nitrogens with zero attached hydrogens (tertiary/aromatic N) is 15. The van der Waals surface area contributed by atoms with Crippen LogP contribution >= 0.6 is 0 Å². The first-order chi connectivity index (χ1) is 65.2. The number of carbonyl (C=O) groups excluding carboxylic acids is 1. The van der Waals surface area contributed by atoms with Crippen LogP contribution in [0.1, 0.15) is 95.6 Å². The second-order valence-corrected chi connectivity index (χ2v) is 30.2. The number of alkyl halides is 6. The molecule has 0 atom stereocenters. The third kappa shape index (κ3) is 25.2. The van der Waals surface area contributed by atoms with Crippen LogP contribution in [0.5, 0.6) is 5.75 Å². The molecule has 676 valence electrons. The van der Waals surface area contributed by atoms with E-state index in [0.29, 0.717) is 85.7 Å². The van der Waals surface area contributed by atoms with Crippen molar-refractivity contribution in [3.8, 4) is 126 Å². The maximum absolute atomic E-state index is 13.6.